The number of guanidine groups is 1. The Labute approximate surface area is 111 Å². The Bertz CT molecular complexity index is 438. The number of halogens is 2. The smallest absolute Gasteiger partial charge is 0.188 e. The molecule has 0 radical (unpaired) electrons. The summed E-state index contributed by atoms with van der Waals surface area (Å²) in [6.45, 7) is 2.76. The summed E-state index contributed by atoms with van der Waals surface area (Å²) in [5, 5.41) is 2.94. The van der Waals surface area contributed by atoms with Gasteiger partial charge in [0.15, 0.2) is 5.96 Å². The van der Waals surface area contributed by atoms with Gasteiger partial charge < -0.3 is 15.8 Å². The summed E-state index contributed by atoms with van der Waals surface area (Å²) in [6.07, 6.45) is 0.368. The molecule has 4 nitrogen and oxygen atoms in total. The van der Waals surface area contributed by atoms with Crippen molar-refractivity contribution in [2.75, 3.05) is 20.3 Å². The minimum atomic E-state index is -0.584. The lowest BCUT2D eigenvalue weighted by Crippen LogP contribution is -2.40. The van der Waals surface area contributed by atoms with E-state index in [0.29, 0.717) is 25.1 Å². The van der Waals surface area contributed by atoms with Gasteiger partial charge in [-0.1, -0.05) is 6.07 Å². The average Bonchev–Trinajstić information content (AvgIpc) is 2.32. The monoisotopic (exact) mass is 271 g/mol. The summed E-state index contributed by atoms with van der Waals surface area (Å²) in [5.74, 6) is -0.860. The number of benzene rings is 1. The Kier molecular flexibility index (Phi) is 6.21. The highest BCUT2D eigenvalue weighted by Gasteiger charge is 2.04. The molecule has 0 aliphatic carbocycles. The minimum Gasteiger partial charge on any atom is -0.383 e. The summed E-state index contributed by atoms with van der Waals surface area (Å²) >= 11 is 0. The van der Waals surface area contributed by atoms with Crippen LogP contribution in [0.2, 0.25) is 0 Å². The van der Waals surface area contributed by atoms with Gasteiger partial charge in [0.2, 0.25) is 0 Å². The first-order valence-electron chi connectivity index (χ1n) is 6.02. The zero-order valence-electron chi connectivity index (χ0n) is 11.1. The lowest BCUT2D eigenvalue weighted by atomic mass is 10.1. The number of aliphatic imine (C=N–C) groups is 1. The Morgan fingerprint density at radius 2 is 2.21 bits per heavy atom. The fraction of sp³-hybridized carbons (Fsp3) is 0.462. The first-order valence-corrected chi connectivity index (χ1v) is 6.02. The topological polar surface area (TPSA) is 59.6 Å². The summed E-state index contributed by atoms with van der Waals surface area (Å²) < 4.78 is 31.0. The van der Waals surface area contributed by atoms with Gasteiger partial charge in [-0.25, -0.2) is 8.78 Å². The highest BCUT2D eigenvalue weighted by molar-refractivity contribution is 5.78. The normalized spacial score (nSPS) is 13.4. The molecular weight excluding hydrogens is 252 g/mol. The van der Waals surface area contributed by atoms with Crippen molar-refractivity contribution in [3.63, 3.8) is 0 Å². The SMILES string of the molecule is COCC(C)NC(N)=NCCc1ccc(F)cc1F. The molecule has 1 aromatic carbocycles. The summed E-state index contributed by atoms with van der Waals surface area (Å²) in [5.41, 5.74) is 6.08. The molecule has 3 N–H and O–H groups in total. The Morgan fingerprint density at radius 1 is 1.47 bits per heavy atom. The molecule has 0 saturated heterocycles. The third-order valence-corrected chi connectivity index (χ3v) is 2.49. The van der Waals surface area contributed by atoms with Crippen LogP contribution in [0.3, 0.4) is 0 Å². The number of rotatable bonds is 6. The van der Waals surface area contributed by atoms with Crippen molar-refractivity contribution < 1.29 is 13.5 Å². The van der Waals surface area contributed by atoms with Gasteiger partial charge in [-0.2, -0.15) is 0 Å². The summed E-state index contributed by atoms with van der Waals surface area (Å²) in [7, 11) is 1.60. The number of methoxy groups -OCH3 is 1. The zero-order chi connectivity index (χ0) is 14.3. The maximum atomic E-state index is 13.3. The number of hydrogen-bond donors (Lipinski definition) is 2. The second kappa shape index (κ2) is 7.68. The third-order valence-electron chi connectivity index (χ3n) is 2.49. The van der Waals surface area contributed by atoms with E-state index >= 15 is 0 Å². The van der Waals surface area contributed by atoms with Crippen LogP contribution in [-0.4, -0.2) is 32.3 Å². The summed E-state index contributed by atoms with van der Waals surface area (Å²) in [4.78, 5) is 4.07. The van der Waals surface area contributed by atoms with E-state index in [9.17, 15) is 8.78 Å². The van der Waals surface area contributed by atoms with Gasteiger partial charge in [0.25, 0.3) is 0 Å². The Hall–Kier alpha value is -1.69. The van der Waals surface area contributed by atoms with Crippen LogP contribution in [0, 0.1) is 11.6 Å². The van der Waals surface area contributed by atoms with Crippen LogP contribution in [0.15, 0.2) is 23.2 Å². The van der Waals surface area contributed by atoms with E-state index in [4.69, 9.17) is 10.5 Å². The fourth-order valence-electron chi connectivity index (χ4n) is 1.61. The molecule has 0 bridgehead atoms. The highest BCUT2D eigenvalue weighted by Crippen LogP contribution is 2.09. The molecule has 0 fully saturated rings. The van der Waals surface area contributed by atoms with Crippen LogP contribution in [0.5, 0.6) is 0 Å². The van der Waals surface area contributed by atoms with Gasteiger partial charge in [0.05, 0.1) is 6.61 Å². The van der Waals surface area contributed by atoms with Gasteiger partial charge in [0, 0.05) is 25.8 Å². The van der Waals surface area contributed by atoms with Crippen molar-refractivity contribution in [3.8, 4) is 0 Å². The molecule has 0 aliphatic heterocycles. The van der Waals surface area contributed by atoms with Gasteiger partial charge in [-0.05, 0) is 25.0 Å². The molecule has 1 atom stereocenters. The predicted molar refractivity (Wildman–Crippen MR) is 71.0 cm³/mol. The van der Waals surface area contributed by atoms with E-state index in [2.05, 4.69) is 10.3 Å². The van der Waals surface area contributed by atoms with Crippen molar-refractivity contribution in [3.05, 3.63) is 35.4 Å². The summed E-state index contributed by atoms with van der Waals surface area (Å²) in [6, 6.07) is 3.56. The molecule has 0 amide bonds. The van der Waals surface area contributed by atoms with E-state index in [0.717, 1.165) is 6.07 Å². The Balaban J connectivity index is 2.44. The number of ether oxygens (including phenoxy) is 1. The average molecular weight is 271 g/mol. The van der Waals surface area contributed by atoms with E-state index in [1.807, 2.05) is 6.92 Å². The molecule has 19 heavy (non-hydrogen) atoms. The lowest BCUT2D eigenvalue weighted by Gasteiger charge is -2.13. The van der Waals surface area contributed by atoms with Gasteiger partial charge in [0.1, 0.15) is 11.6 Å². The molecule has 0 saturated carbocycles. The zero-order valence-corrected chi connectivity index (χ0v) is 11.1. The molecule has 1 rings (SSSR count). The largest absolute Gasteiger partial charge is 0.383 e. The molecule has 106 valence electrons. The molecule has 0 aromatic heterocycles. The molecular formula is C13H19F2N3O. The highest BCUT2D eigenvalue weighted by atomic mass is 19.1. The van der Waals surface area contributed by atoms with Crippen molar-refractivity contribution in [2.45, 2.75) is 19.4 Å². The van der Waals surface area contributed by atoms with Crippen LogP contribution >= 0.6 is 0 Å². The second-order valence-corrected chi connectivity index (χ2v) is 4.25. The molecule has 0 heterocycles. The van der Waals surface area contributed by atoms with Crippen LogP contribution in [0.25, 0.3) is 0 Å². The Morgan fingerprint density at radius 3 is 2.84 bits per heavy atom. The van der Waals surface area contributed by atoms with E-state index < -0.39 is 11.6 Å². The standard InChI is InChI=1S/C13H19F2N3O/c1-9(8-19-2)18-13(16)17-6-5-10-3-4-11(14)7-12(10)15/h3-4,7,9H,5-6,8H2,1-2H3,(H3,16,17,18). The minimum absolute atomic E-state index is 0.0521. The van der Waals surface area contributed by atoms with Crippen LogP contribution < -0.4 is 11.1 Å². The second-order valence-electron chi connectivity index (χ2n) is 4.25. The van der Waals surface area contributed by atoms with Crippen molar-refractivity contribution in [1.82, 2.24) is 5.32 Å². The fourth-order valence-corrected chi connectivity index (χ4v) is 1.61. The number of nitrogens with two attached hydrogens (primary N) is 1. The van der Waals surface area contributed by atoms with E-state index in [-0.39, 0.29) is 12.0 Å². The molecule has 0 aliphatic rings. The van der Waals surface area contributed by atoms with Crippen LogP contribution in [0.1, 0.15) is 12.5 Å². The lowest BCUT2D eigenvalue weighted by molar-refractivity contribution is 0.179. The first kappa shape index (κ1) is 15.4. The molecule has 1 unspecified atom stereocenters. The molecule has 1 aromatic rings. The predicted octanol–water partition coefficient (Wildman–Crippen LogP) is 1.45. The molecule has 0 spiro atoms. The maximum absolute atomic E-state index is 13.3. The van der Waals surface area contributed by atoms with E-state index in [1.54, 1.807) is 7.11 Å². The van der Waals surface area contributed by atoms with Gasteiger partial charge >= 0.3 is 0 Å². The number of nitrogens with zero attached hydrogens (tertiary/aromatic N) is 1. The van der Waals surface area contributed by atoms with Crippen LogP contribution in [0.4, 0.5) is 8.78 Å². The van der Waals surface area contributed by atoms with Crippen LogP contribution in [-0.2, 0) is 11.2 Å². The first-order chi connectivity index (χ1) is 9.02. The maximum Gasteiger partial charge on any atom is 0.188 e. The third kappa shape index (κ3) is 5.65. The van der Waals surface area contributed by atoms with Crippen molar-refractivity contribution in [2.24, 2.45) is 10.7 Å². The van der Waals surface area contributed by atoms with Crippen molar-refractivity contribution >= 4 is 5.96 Å². The quantitative estimate of drug-likeness (QED) is 0.608. The molecule has 6 heteroatoms. The van der Waals surface area contributed by atoms with Gasteiger partial charge in [-0.3, -0.25) is 4.99 Å². The number of hydrogen-bond acceptors (Lipinski definition) is 2. The van der Waals surface area contributed by atoms with Crippen molar-refractivity contribution in [1.29, 1.82) is 0 Å². The van der Waals surface area contributed by atoms with Gasteiger partial charge in [-0.15, -0.1) is 0 Å². The number of nitrogens with one attached hydrogen (secondary N) is 1. The van der Waals surface area contributed by atoms with E-state index in [1.165, 1.54) is 12.1 Å².